The van der Waals surface area contributed by atoms with E-state index in [1.165, 1.54) is 34.5 Å². The number of amides is 1. The smallest absolute Gasteiger partial charge is 0.350 e. The second kappa shape index (κ2) is 12.4. The van der Waals surface area contributed by atoms with Crippen LogP contribution in [0.1, 0.15) is 38.1 Å². The average molecular weight is 595 g/mol. The predicted molar refractivity (Wildman–Crippen MR) is 156 cm³/mol. The molecule has 42 heavy (non-hydrogen) atoms. The topological polar surface area (TPSA) is 134 Å². The second-order valence-electron chi connectivity index (χ2n) is 9.11. The minimum Gasteiger partial charge on any atom is -0.507 e. The van der Waals surface area contributed by atoms with Crippen LogP contribution in [0.5, 0.6) is 23.0 Å². The van der Waals surface area contributed by atoms with Gasteiger partial charge in [0, 0.05) is 5.56 Å². The summed E-state index contributed by atoms with van der Waals surface area (Å²) >= 11 is 0.890. The molecule has 1 N–H and O–H groups in total. The summed E-state index contributed by atoms with van der Waals surface area (Å²) in [6.07, 6.45) is 1.43. The fourth-order valence-electron chi connectivity index (χ4n) is 4.65. The highest BCUT2D eigenvalue weighted by atomic mass is 32.1. The number of Topliss-reactive ketones (excluding diaryl/α,β-unsaturated/α-hetero) is 1. The average Bonchev–Trinajstić information content (AvgIpc) is 3.50. The predicted octanol–water partition coefficient (Wildman–Crippen LogP) is 4.76. The lowest BCUT2D eigenvalue weighted by molar-refractivity contribution is -0.132. The van der Waals surface area contributed by atoms with Gasteiger partial charge in [-0.3, -0.25) is 14.5 Å². The van der Waals surface area contributed by atoms with Gasteiger partial charge in [0.15, 0.2) is 16.6 Å². The molecular weight excluding hydrogens is 564 g/mol. The third-order valence-corrected chi connectivity index (χ3v) is 7.78. The van der Waals surface area contributed by atoms with Crippen LogP contribution in [0.2, 0.25) is 0 Å². The normalized spacial score (nSPS) is 15.9. The molecule has 0 radical (unpaired) electrons. The Labute approximate surface area is 246 Å². The summed E-state index contributed by atoms with van der Waals surface area (Å²) in [5, 5.41) is 11.7. The van der Waals surface area contributed by atoms with E-state index in [-0.39, 0.29) is 33.7 Å². The van der Waals surface area contributed by atoms with Crippen LogP contribution in [0.4, 0.5) is 5.13 Å². The highest BCUT2D eigenvalue weighted by Crippen LogP contribution is 2.48. The van der Waals surface area contributed by atoms with Crippen molar-refractivity contribution >= 4 is 39.9 Å². The molecule has 1 amide bonds. The zero-order valence-electron chi connectivity index (χ0n) is 24.0. The summed E-state index contributed by atoms with van der Waals surface area (Å²) in [6.45, 7) is 6.87. The van der Waals surface area contributed by atoms with Crippen molar-refractivity contribution in [3.63, 3.8) is 0 Å². The molecule has 4 rings (SSSR count). The lowest BCUT2D eigenvalue weighted by atomic mass is 9.93. The number of ketones is 1. The van der Waals surface area contributed by atoms with Crippen molar-refractivity contribution in [2.75, 3.05) is 39.9 Å². The number of aromatic nitrogens is 1. The van der Waals surface area contributed by atoms with Crippen molar-refractivity contribution in [3.05, 3.63) is 75.8 Å². The Hall–Kier alpha value is -4.84. The number of aliphatic hydroxyl groups excluding tert-OH is 1. The molecule has 11 nitrogen and oxygen atoms in total. The fraction of sp³-hybridized carbons (Fsp3) is 0.267. The van der Waals surface area contributed by atoms with E-state index in [4.69, 9.17) is 23.7 Å². The molecule has 0 unspecified atom stereocenters. The number of carbonyl (C=O) groups is 3. The van der Waals surface area contributed by atoms with E-state index in [2.05, 4.69) is 11.6 Å². The summed E-state index contributed by atoms with van der Waals surface area (Å²) in [4.78, 5) is 45.8. The first-order chi connectivity index (χ1) is 20.1. The Balaban J connectivity index is 1.99. The number of hydrogen-bond acceptors (Lipinski definition) is 11. The van der Waals surface area contributed by atoms with E-state index in [1.807, 2.05) is 0 Å². The zero-order chi connectivity index (χ0) is 30.7. The number of esters is 1. The molecule has 1 aliphatic rings. The van der Waals surface area contributed by atoms with Crippen molar-refractivity contribution in [3.8, 4) is 23.0 Å². The lowest BCUT2D eigenvalue weighted by Gasteiger charge is -2.24. The number of aliphatic hydroxyl groups is 1. The van der Waals surface area contributed by atoms with Gasteiger partial charge < -0.3 is 28.8 Å². The maximum Gasteiger partial charge on any atom is 0.350 e. The van der Waals surface area contributed by atoms with E-state index in [9.17, 15) is 19.5 Å². The van der Waals surface area contributed by atoms with Crippen molar-refractivity contribution in [1.82, 2.24) is 4.98 Å². The number of methoxy groups -OCH3 is 4. The van der Waals surface area contributed by atoms with E-state index in [1.54, 1.807) is 44.2 Å². The summed E-state index contributed by atoms with van der Waals surface area (Å²) in [7, 11) is 5.83. The number of carbonyl (C=O) groups excluding carboxylic acids is 3. The number of anilines is 1. The van der Waals surface area contributed by atoms with Gasteiger partial charge in [0.25, 0.3) is 5.78 Å². The van der Waals surface area contributed by atoms with E-state index < -0.39 is 29.5 Å². The van der Waals surface area contributed by atoms with Crippen LogP contribution in [0.25, 0.3) is 5.76 Å². The van der Waals surface area contributed by atoms with Gasteiger partial charge in [0.05, 0.1) is 45.7 Å². The molecule has 2 heterocycles. The molecule has 0 bridgehead atoms. The van der Waals surface area contributed by atoms with Crippen LogP contribution in [-0.2, 0) is 14.3 Å². The summed E-state index contributed by atoms with van der Waals surface area (Å²) in [6, 6.07) is 6.92. The number of nitrogens with zero attached hydrogens (tertiary/aromatic N) is 2. The van der Waals surface area contributed by atoms with Gasteiger partial charge in [-0.25, -0.2) is 9.78 Å². The van der Waals surface area contributed by atoms with Crippen LogP contribution in [0.15, 0.2) is 48.6 Å². The highest BCUT2D eigenvalue weighted by Gasteiger charge is 2.49. The zero-order valence-corrected chi connectivity index (χ0v) is 24.8. The molecule has 0 spiro atoms. The first-order valence-corrected chi connectivity index (χ1v) is 13.4. The van der Waals surface area contributed by atoms with Crippen molar-refractivity contribution in [2.45, 2.75) is 19.9 Å². The van der Waals surface area contributed by atoms with E-state index in [0.29, 0.717) is 33.9 Å². The molecule has 12 heteroatoms. The van der Waals surface area contributed by atoms with Gasteiger partial charge in [-0.2, -0.15) is 0 Å². The highest BCUT2D eigenvalue weighted by molar-refractivity contribution is 7.17. The monoisotopic (exact) mass is 594 g/mol. The Morgan fingerprint density at radius 3 is 2.26 bits per heavy atom. The van der Waals surface area contributed by atoms with Crippen LogP contribution in [0, 0.1) is 13.8 Å². The minimum atomic E-state index is -1.18. The summed E-state index contributed by atoms with van der Waals surface area (Å²) < 4.78 is 26.9. The van der Waals surface area contributed by atoms with Crippen LogP contribution < -0.4 is 23.8 Å². The maximum atomic E-state index is 13.7. The summed E-state index contributed by atoms with van der Waals surface area (Å²) in [5.41, 5.74) is 1.42. The molecule has 220 valence electrons. The number of aryl methyl sites for hydroxylation is 2. The van der Waals surface area contributed by atoms with Crippen molar-refractivity contribution < 1.29 is 43.2 Å². The molecule has 1 fully saturated rings. The van der Waals surface area contributed by atoms with Gasteiger partial charge in [0.1, 0.15) is 23.0 Å². The van der Waals surface area contributed by atoms with Crippen molar-refractivity contribution in [2.24, 2.45) is 0 Å². The molecule has 0 aliphatic carbocycles. The number of ether oxygens (including phenoxy) is 5. The Morgan fingerprint density at radius 2 is 1.71 bits per heavy atom. The molecule has 1 saturated heterocycles. The standard InChI is InChI=1S/C30H30N2O9S/c1-8-11-41-29(36)27-16(3)31-30(42-27)32-23(17-13-20(38-5)26(40-7)21(14-17)39-6)22(25(34)28(32)35)24(33)19-10-9-18(37-4)12-15(19)2/h8-10,12-14,23,33H,1,11H2,2-7H3/b24-22+/t23-/m0/s1. The SMILES string of the molecule is C=CCOC(=O)c1sc(N2C(=O)C(=O)/C(=C(/O)c3ccc(OC)cc3C)[C@@H]2c2cc(OC)c(OC)c(OC)c2)nc1C. The molecule has 1 atom stereocenters. The first-order valence-electron chi connectivity index (χ1n) is 12.6. The van der Waals surface area contributed by atoms with Crippen LogP contribution in [-0.4, -0.2) is 62.8 Å². The number of rotatable bonds is 10. The Kier molecular flexibility index (Phi) is 8.86. The lowest BCUT2D eigenvalue weighted by Crippen LogP contribution is -2.29. The number of thiazole rings is 1. The summed E-state index contributed by atoms with van der Waals surface area (Å²) in [5.74, 6) is -1.54. The third kappa shape index (κ3) is 5.28. The largest absolute Gasteiger partial charge is 0.507 e. The quantitative estimate of drug-likeness (QED) is 0.115. The maximum absolute atomic E-state index is 13.7. The Bertz CT molecular complexity index is 1580. The van der Waals surface area contributed by atoms with Crippen molar-refractivity contribution in [1.29, 1.82) is 0 Å². The van der Waals surface area contributed by atoms with Crippen LogP contribution >= 0.6 is 11.3 Å². The third-order valence-electron chi connectivity index (χ3n) is 6.64. The molecule has 0 saturated carbocycles. The number of hydrogen-bond donors (Lipinski definition) is 1. The molecule has 1 aromatic heterocycles. The van der Waals surface area contributed by atoms with Gasteiger partial charge in [-0.05, 0) is 55.3 Å². The molecule has 3 aromatic rings. The Morgan fingerprint density at radius 1 is 1.05 bits per heavy atom. The van der Waals surface area contributed by atoms with Gasteiger partial charge in [0.2, 0.25) is 5.75 Å². The molecular formula is C30H30N2O9S. The van der Waals surface area contributed by atoms with E-state index in [0.717, 1.165) is 16.2 Å². The molecule has 2 aromatic carbocycles. The van der Waals surface area contributed by atoms with Crippen LogP contribution in [0.3, 0.4) is 0 Å². The first kappa shape index (κ1) is 30.1. The molecule has 1 aliphatic heterocycles. The van der Waals surface area contributed by atoms with Gasteiger partial charge in [-0.1, -0.05) is 24.0 Å². The fourth-order valence-corrected chi connectivity index (χ4v) is 5.64. The van der Waals surface area contributed by atoms with Gasteiger partial charge in [-0.15, -0.1) is 0 Å². The minimum absolute atomic E-state index is 0.0112. The van der Waals surface area contributed by atoms with E-state index >= 15 is 0 Å². The van der Waals surface area contributed by atoms with Gasteiger partial charge >= 0.3 is 11.9 Å². The number of benzene rings is 2. The second-order valence-corrected chi connectivity index (χ2v) is 10.1.